The maximum Gasteiger partial charge on any atom is 0.416 e. The van der Waals surface area contributed by atoms with E-state index >= 15 is 0 Å². The van der Waals surface area contributed by atoms with Crippen molar-refractivity contribution in [1.29, 1.82) is 0 Å². The molecule has 0 aromatic heterocycles. The molecule has 0 atom stereocenters. The molecule has 100 valence electrons. The lowest BCUT2D eigenvalue weighted by atomic mass is 10.1. The van der Waals surface area contributed by atoms with Crippen molar-refractivity contribution >= 4 is 11.6 Å². The zero-order valence-electron chi connectivity index (χ0n) is 9.79. The van der Waals surface area contributed by atoms with E-state index in [1.807, 2.05) is 0 Å². The van der Waals surface area contributed by atoms with Crippen LogP contribution >= 0.6 is 0 Å². The molecule has 0 aliphatic heterocycles. The van der Waals surface area contributed by atoms with Gasteiger partial charge in [0.2, 0.25) is 0 Å². The standard InChI is InChI=1S/C11H14F3N3O/c1-17(5-4-15)9-3-2-7(11(12,13)14)6-8(9)10(16)18/h2-3,6H,4-5,15H2,1H3,(H2,16,18). The topological polar surface area (TPSA) is 72.3 Å². The summed E-state index contributed by atoms with van der Waals surface area (Å²) in [5.74, 6) is -0.903. The van der Waals surface area contributed by atoms with Gasteiger partial charge in [-0.2, -0.15) is 13.2 Å². The van der Waals surface area contributed by atoms with Gasteiger partial charge < -0.3 is 16.4 Å². The van der Waals surface area contributed by atoms with Gasteiger partial charge in [-0.3, -0.25) is 4.79 Å². The van der Waals surface area contributed by atoms with Crippen molar-refractivity contribution in [3.8, 4) is 0 Å². The first-order chi connectivity index (χ1) is 8.27. The van der Waals surface area contributed by atoms with Crippen molar-refractivity contribution in [1.82, 2.24) is 0 Å². The predicted molar refractivity (Wildman–Crippen MR) is 62.3 cm³/mol. The maximum absolute atomic E-state index is 12.5. The van der Waals surface area contributed by atoms with E-state index in [4.69, 9.17) is 11.5 Å². The fourth-order valence-corrected chi connectivity index (χ4v) is 1.56. The number of benzene rings is 1. The van der Waals surface area contributed by atoms with Crippen molar-refractivity contribution in [2.75, 3.05) is 25.0 Å². The number of carbonyl (C=O) groups is 1. The van der Waals surface area contributed by atoms with Gasteiger partial charge in [-0.15, -0.1) is 0 Å². The van der Waals surface area contributed by atoms with Gasteiger partial charge in [-0.25, -0.2) is 0 Å². The Morgan fingerprint density at radius 3 is 2.44 bits per heavy atom. The maximum atomic E-state index is 12.5. The number of hydrogen-bond acceptors (Lipinski definition) is 3. The van der Waals surface area contributed by atoms with E-state index in [9.17, 15) is 18.0 Å². The molecule has 0 unspecified atom stereocenters. The lowest BCUT2D eigenvalue weighted by Gasteiger charge is -2.21. The first kappa shape index (κ1) is 14.3. The summed E-state index contributed by atoms with van der Waals surface area (Å²) in [4.78, 5) is 12.8. The molecule has 4 nitrogen and oxygen atoms in total. The molecule has 18 heavy (non-hydrogen) atoms. The molecule has 1 amide bonds. The number of alkyl halides is 3. The number of anilines is 1. The third-order valence-electron chi connectivity index (χ3n) is 2.47. The highest BCUT2D eigenvalue weighted by Gasteiger charge is 2.31. The molecule has 1 aromatic rings. The summed E-state index contributed by atoms with van der Waals surface area (Å²) in [6.07, 6.45) is -4.50. The number of nitrogens with two attached hydrogens (primary N) is 2. The van der Waals surface area contributed by atoms with Crippen LogP contribution in [-0.2, 0) is 6.18 Å². The van der Waals surface area contributed by atoms with E-state index in [1.54, 1.807) is 11.9 Å². The molecule has 1 aromatic carbocycles. The SMILES string of the molecule is CN(CCN)c1ccc(C(F)(F)F)cc1C(N)=O. The summed E-state index contributed by atoms with van der Waals surface area (Å²) >= 11 is 0. The number of primary amides is 1. The van der Waals surface area contributed by atoms with Crippen molar-refractivity contribution in [2.45, 2.75) is 6.18 Å². The summed E-state index contributed by atoms with van der Waals surface area (Å²) in [6, 6.07) is 2.89. The Labute approximate surface area is 102 Å². The van der Waals surface area contributed by atoms with Crippen LogP contribution < -0.4 is 16.4 Å². The quantitative estimate of drug-likeness (QED) is 0.855. The monoisotopic (exact) mass is 261 g/mol. The van der Waals surface area contributed by atoms with Gasteiger partial charge in [-0.1, -0.05) is 0 Å². The van der Waals surface area contributed by atoms with Gasteiger partial charge in [-0.05, 0) is 18.2 Å². The van der Waals surface area contributed by atoms with Crippen LogP contribution in [0.25, 0.3) is 0 Å². The summed E-state index contributed by atoms with van der Waals surface area (Å²) in [5.41, 5.74) is 9.72. The van der Waals surface area contributed by atoms with Crippen molar-refractivity contribution < 1.29 is 18.0 Å². The molecule has 0 aliphatic rings. The summed E-state index contributed by atoms with van der Waals surface area (Å²) in [7, 11) is 1.63. The molecule has 0 saturated heterocycles. The van der Waals surface area contributed by atoms with Crippen molar-refractivity contribution in [3.05, 3.63) is 29.3 Å². The van der Waals surface area contributed by atoms with E-state index in [2.05, 4.69) is 0 Å². The fraction of sp³-hybridized carbons (Fsp3) is 0.364. The number of amides is 1. The molecule has 0 fully saturated rings. The van der Waals surface area contributed by atoms with E-state index in [0.717, 1.165) is 12.1 Å². The minimum atomic E-state index is -4.50. The largest absolute Gasteiger partial charge is 0.416 e. The minimum Gasteiger partial charge on any atom is -0.373 e. The van der Waals surface area contributed by atoms with Crippen LogP contribution in [0.4, 0.5) is 18.9 Å². The highest BCUT2D eigenvalue weighted by molar-refractivity contribution is 5.98. The van der Waals surface area contributed by atoms with Gasteiger partial charge in [0.05, 0.1) is 11.1 Å². The van der Waals surface area contributed by atoms with Crippen LogP contribution in [0.5, 0.6) is 0 Å². The lowest BCUT2D eigenvalue weighted by molar-refractivity contribution is -0.137. The number of nitrogens with zero attached hydrogens (tertiary/aromatic N) is 1. The van der Waals surface area contributed by atoms with E-state index < -0.39 is 17.6 Å². The van der Waals surface area contributed by atoms with Gasteiger partial charge in [0.1, 0.15) is 0 Å². The number of hydrogen-bond donors (Lipinski definition) is 2. The van der Waals surface area contributed by atoms with E-state index in [-0.39, 0.29) is 5.56 Å². The van der Waals surface area contributed by atoms with Crippen LogP contribution in [-0.4, -0.2) is 26.0 Å². The van der Waals surface area contributed by atoms with E-state index in [0.29, 0.717) is 18.8 Å². The molecule has 0 heterocycles. The Hall–Kier alpha value is -1.76. The van der Waals surface area contributed by atoms with Crippen LogP contribution in [0.1, 0.15) is 15.9 Å². The summed E-state index contributed by atoms with van der Waals surface area (Å²) in [6.45, 7) is 0.724. The number of carbonyl (C=O) groups excluding carboxylic acids is 1. The van der Waals surface area contributed by atoms with Crippen LogP contribution in [0, 0.1) is 0 Å². The van der Waals surface area contributed by atoms with Crippen LogP contribution in [0.3, 0.4) is 0 Å². The average Bonchev–Trinajstić information content (AvgIpc) is 2.27. The van der Waals surface area contributed by atoms with Crippen LogP contribution in [0.15, 0.2) is 18.2 Å². The molecule has 0 radical (unpaired) electrons. The Morgan fingerprint density at radius 2 is 2.00 bits per heavy atom. The van der Waals surface area contributed by atoms with Crippen LogP contribution in [0.2, 0.25) is 0 Å². The molecule has 0 saturated carbocycles. The molecular weight excluding hydrogens is 247 g/mol. The third kappa shape index (κ3) is 3.13. The zero-order chi connectivity index (χ0) is 13.9. The molecule has 0 spiro atoms. The zero-order valence-corrected chi connectivity index (χ0v) is 9.79. The Bertz CT molecular complexity index is 446. The smallest absolute Gasteiger partial charge is 0.373 e. The van der Waals surface area contributed by atoms with Gasteiger partial charge in [0.25, 0.3) is 5.91 Å². The summed E-state index contributed by atoms with van der Waals surface area (Å²) in [5, 5.41) is 0. The average molecular weight is 261 g/mol. The minimum absolute atomic E-state index is 0.166. The van der Waals surface area contributed by atoms with Gasteiger partial charge in [0.15, 0.2) is 0 Å². The first-order valence-electron chi connectivity index (χ1n) is 5.19. The molecule has 4 N–H and O–H groups in total. The van der Waals surface area contributed by atoms with Gasteiger partial charge >= 0.3 is 6.18 Å². The van der Waals surface area contributed by atoms with Crippen molar-refractivity contribution in [2.24, 2.45) is 11.5 Å². The summed E-state index contributed by atoms with van der Waals surface area (Å²) < 4.78 is 37.6. The third-order valence-corrected chi connectivity index (χ3v) is 2.47. The normalized spacial score (nSPS) is 11.4. The molecule has 7 heteroatoms. The predicted octanol–water partition coefficient (Wildman–Crippen LogP) is 1.20. The number of rotatable bonds is 4. The molecule has 1 rings (SSSR count). The molecule has 0 bridgehead atoms. The van der Waals surface area contributed by atoms with Gasteiger partial charge in [0, 0.05) is 25.8 Å². The lowest BCUT2D eigenvalue weighted by Crippen LogP contribution is -2.28. The first-order valence-corrected chi connectivity index (χ1v) is 5.19. The highest BCUT2D eigenvalue weighted by Crippen LogP contribution is 2.32. The van der Waals surface area contributed by atoms with E-state index in [1.165, 1.54) is 6.07 Å². The van der Waals surface area contributed by atoms with Crippen molar-refractivity contribution in [3.63, 3.8) is 0 Å². The second-order valence-corrected chi connectivity index (χ2v) is 3.80. The molecule has 0 aliphatic carbocycles. The molecular formula is C11H14F3N3O. The number of halogens is 3. The highest BCUT2D eigenvalue weighted by atomic mass is 19.4. The second-order valence-electron chi connectivity index (χ2n) is 3.80. The Balaban J connectivity index is 3.25. The second kappa shape index (κ2) is 5.26. The Morgan fingerprint density at radius 1 is 1.39 bits per heavy atom. The fourth-order valence-electron chi connectivity index (χ4n) is 1.56. The Kier molecular flexibility index (Phi) is 4.18. The number of likely N-dealkylation sites (N-methyl/N-ethyl adjacent to an activating group) is 1.